The number of carboxylic acid groups (broad SMARTS) is 1. The smallest absolute Gasteiger partial charge is 0.475 e. The second kappa shape index (κ2) is 18.6. The zero-order chi connectivity index (χ0) is 41.2. The minimum Gasteiger partial charge on any atom is -0.475 e. The number of carbonyl (C=O) groups excluding carboxylic acids is 3. The minimum absolute atomic E-state index is 0.206. The lowest BCUT2D eigenvalue weighted by Crippen LogP contribution is -2.50. The first-order chi connectivity index (χ1) is 26.3. The first-order valence-corrected chi connectivity index (χ1v) is 17.6. The van der Waals surface area contributed by atoms with Crippen molar-refractivity contribution in [1.82, 2.24) is 35.9 Å². The molecule has 0 unspecified atom stereocenters. The van der Waals surface area contributed by atoms with Gasteiger partial charge in [-0.15, -0.1) is 10.2 Å². The number of anilines is 2. The summed E-state index contributed by atoms with van der Waals surface area (Å²) in [6, 6.07) is 13.6. The third-order valence-corrected chi connectivity index (χ3v) is 8.64. The first kappa shape index (κ1) is 42.8. The van der Waals surface area contributed by atoms with E-state index in [1.54, 1.807) is 36.7 Å². The van der Waals surface area contributed by atoms with Gasteiger partial charge in [-0.2, -0.15) is 18.4 Å². The van der Waals surface area contributed by atoms with E-state index in [4.69, 9.17) is 20.4 Å². The van der Waals surface area contributed by atoms with Crippen LogP contribution in [0.1, 0.15) is 52.0 Å². The molecule has 5 rings (SSSR count). The molecule has 300 valence electrons. The average Bonchev–Trinajstić information content (AvgIpc) is 3.69. The third-order valence-electron chi connectivity index (χ3n) is 8.64. The number of rotatable bonds is 10. The number of carbonyl (C=O) groups is 4. The van der Waals surface area contributed by atoms with Crippen LogP contribution < -0.4 is 20.9 Å². The third kappa shape index (κ3) is 12.3. The molecule has 1 aliphatic rings. The van der Waals surface area contributed by atoms with Crippen molar-refractivity contribution in [3.8, 4) is 22.5 Å². The number of benzene rings is 2. The number of aromatic nitrogens is 6. The molecule has 1 saturated carbocycles. The molecule has 19 heteroatoms. The number of tetrazole rings is 1. The number of alkyl carbamates (subject to hydrolysis) is 1. The van der Waals surface area contributed by atoms with Crippen LogP contribution in [-0.4, -0.2) is 98.0 Å². The van der Waals surface area contributed by atoms with Crippen molar-refractivity contribution < 1.29 is 42.2 Å². The summed E-state index contributed by atoms with van der Waals surface area (Å²) < 4.78 is 37.1. The van der Waals surface area contributed by atoms with Crippen molar-refractivity contribution in [2.45, 2.75) is 70.7 Å². The van der Waals surface area contributed by atoms with Gasteiger partial charge in [-0.05, 0) is 99.4 Å². The Hall–Kier alpha value is -5.98. The van der Waals surface area contributed by atoms with Crippen LogP contribution in [0.25, 0.3) is 22.5 Å². The number of aliphatic carboxylic acids is 1. The van der Waals surface area contributed by atoms with Gasteiger partial charge in [-0.3, -0.25) is 9.59 Å². The number of nitrogens with two attached hydrogens (primary N) is 1. The number of aromatic amines is 1. The van der Waals surface area contributed by atoms with E-state index in [1.807, 2.05) is 64.0 Å². The molecule has 0 spiro atoms. The Bertz CT molecular complexity index is 1910. The Morgan fingerprint density at radius 2 is 1.50 bits per heavy atom. The van der Waals surface area contributed by atoms with Gasteiger partial charge in [0, 0.05) is 50.1 Å². The van der Waals surface area contributed by atoms with E-state index in [1.165, 1.54) is 4.90 Å². The van der Waals surface area contributed by atoms with Crippen LogP contribution in [0.3, 0.4) is 0 Å². The van der Waals surface area contributed by atoms with Crippen LogP contribution in [-0.2, 0) is 25.5 Å². The summed E-state index contributed by atoms with van der Waals surface area (Å²) in [7, 11) is 3.77. The molecule has 1 aliphatic carbocycles. The number of carboxylic acids is 1. The molecule has 2 aromatic heterocycles. The second-order valence-electron chi connectivity index (χ2n) is 14.4. The number of amides is 3. The molecule has 2 heterocycles. The van der Waals surface area contributed by atoms with Gasteiger partial charge in [0.2, 0.25) is 17.7 Å². The average molecular weight is 783 g/mol. The summed E-state index contributed by atoms with van der Waals surface area (Å²) in [5.74, 6) is -2.67. The van der Waals surface area contributed by atoms with Crippen LogP contribution in [0.15, 0.2) is 60.9 Å². The Morgan fingerprint density at radius 1 is 0.929 bits per heavy atom. The van der Waals surface area contributed by atoms with Gasteiger partial charge in [0.1, 0.15) is 5.60 Å². The highest BCUT2D eigenvalue weighted by Gasteiger charge is 2.38. The molecule has 0 saturated heterocycles. The van der Waals surface area contributed by atoms with Crippen LogP contribution in [0.5, 0.6) is 0 Å². The van der Waals surface area contributed by atoms with Crippen LogP contribution in [0, 0.1) is 11.8 Å². The summed E-state index contributed by atoms with van der Waals surface area (Å²) in [5.41, 5.74) is 9.72. The molecular formula is C37H45F3N10O6. The van der Waals surface area contributed by atoms with Gasteiger partial charge in [-0.1, -0.05) is 24.3 Å². The lowest BCUT2D eigenvalue weighted by molar-refractivity contribution is -0.192. The van der Waals surface area contributed by atoms with Crippen molar-refractivity contribution in [3.05, 3.63) is 66.5 Å². The fourth-order valence-corrected chi connectivity index (χ4v) is 5.79. The van der Waals surface area contributed by atoms with E-state index in [0.717, 1.165) is 29.5 Å². The zero-order valence-corrected chi connectivity index (χ0v) is 31.6. The van der Waals surface area contributed by atoms with E-state index in [9.17, 15) is 27.6 Å². The molecule has 0 radical (unpaired) electrons. The normalized spacial score (nSPS) is 16.1. The number of halogens is 3. The molecule has 16 nitrogen and oxygen atoms in total. The Kier molecular flexibility index (Phi) is 14.2. The van der Waals surface area contributed by atoms with E-state index in [0.29, 0.717) is 42.4 Å². The number of ether oxygens (including phenoxy) is 1. The molecular weight excluding hydrogens is 737 g/mol. The number of nitrogens with one attached hydrogen (secondary N) is 2. The quantitative estimate of drug-likeness (QED) is 0.170. The van der Waals surface area contributed by atoms with Gasteiger partial charge in [0.05, 0.1) is 11.7 Å². The van der Waals surface area contributed by atoms with Crippen LogP contribution in [0.2, 0.25) is 0 Å². The molecule has 3 amide bonds. The highest BCUT2D eigenvalue weighted by atomic mass is 19.4. The highest BCUT2D eigenvalue weighted by Crippen LogP contribution is 2.32. The summed E-state index contributed by atoms with van der Waals surface area (Å²) in [4.78, 5) is 61.0. The van der Waals surface area contributed by atoms with Gasteiger partial charge in [-0.25, -0.2) is 24.5 Å². The monoisotopic (exact) mass is 782 g/mol. The Balaban J connectivity index is 0.000000908. The number of nitrogens with zero attached hydrogens (tertiary/aromatic N) is 7. The Labute approximate surface area is 321 Å². The predicted octanol–water partition coefficient (Wildman–Crippen LogP) is 4.78. The van der Waals surface area contributed by atoms with Crippen LogP contribution >= 0.6 is 0 Å². The summed E-state index contributed by atoms with van der Waals surface area (Å²) in [6.07, 6.45) is 0.862. The maximum absolute atomic E-state index is 14.1. The molecule has 4 aromatic rings. The van der Waals surface area contributed by atoms with Gasteiger partial charge < -0.3 is 25.8 Å². The molecule has 0 bridgehead atoms. The molecule has 0 aliphatic heterocycles. The largest absolute Gasteiger partial charge is 0.490 e. The summed E-state index contributed by atoms with van der Waals surface area (Å²) in [6.45, 7) is 5.92. The van der Waals surface area contributed by atoms with Crippen molar-refractivity contribution >= 4 is 35.5 Å². The van der Waals surface area contributed by atoms with Gasteiger partial charge in [0.25, 0.3) is 5.91 Å². The number of alkyl halides is 3. The van der Waals surface area contributed by atoms with Crippen molar-refractivity contribution in [3.63, 3.8) is 0 Å². The second-order valence-corrected chi connectivity index (χ2v) is 14.4. The maximum Gasteiger partial charge on any atom is 0.490 e. The number of imide groups is 1. The standard InChI is InChI=1S/C35H44N10O4.C2HF3O2/c1-35(2,3)49-34(48)39-19-23-8-12-26(13-9-23)31(46)45(28-16-14-25(15-17-28)30-40-42-43-41-30)32(47)29(36)18-22-6-10-24(11-7-22)27-20-37-33(38-21-27)44(4)5;3-2(4,5)1(6)7/h6-7,10-11,14-17,20-21,23,26,29H,8-9,12-13,18-19,36H2,1-5H3,(H,39,48)(H,40,41,42,43);(H,6,7)/t23?,26?,29-;/m0./s1. The lowest BCUT2D eigenvalue weighted by Gasteiger charge is -2.32. The number of H-pyrrole nitrogens is 1. The first-order valence-electron chi connectivity index (χ1n) is 17.6. The van der Waals surface area contributed by atoms with Gasteiger partial charge in [0.15, 0.2) is 0 Å². The van der Waals surface area contributed by atoms with Crippen molar-refractivity contribution in [1.29, 1.82) is 0 Å². The maximum atomic E-state index is 14.1. The van der Waals surface area contributed by atoms with Crippen molar-refractivity contribution in [2.24, 2.45) is 17.6 Å². The molecule has 1 atom stereocenters. The van der Waals surface area contributed by atoms with E-state index in [2.05, 4.69) is 35.9 Å². The van der Waals surface area contributed by atoms with Crippen LogP contribution in [0.4, 0.5) is 29.6 Å². The summed E-state index contributed by atoms with van der Waals surface area (Å²) in [5, 5.41) is 24.0. The molecule has 2 aromatic carbocycles. The summed E-state index contributed by atoms with van der Waals surface area (Å²) >= 11 is 0. The Morgan fingerprint density at radius 3 is 2.00 bits per heavy atom. The highest BCUT2D eigenvalue weighted by molar-refractivity contribution is 6.17. The number of hydrogen-bond donors (Lipinski definition) is 4. The molecule has 5 N–H and O–H groups in total. The predicted molar refractivity (Wildman–Crippen MR) is 199 cm³/mol. The van der Waals surface area contributed by atoms with E-state index < -0.39 is 35.8 Å². The minimum atomic E-state index is -5.08. The van der Waals surface area contributed by atoms with E-state index in [-0.39, 0.29) is 24.2 Å². The van der Waals surface area contributed by atoms with E-state index >= 15 is 0 Å². The van der Waals surface area contributed by atoms with Gasteiger partial charge >= 0.3 is 18.2 Å². The lowest BCUT2D eigenvalue weighted by atomic mass is 9.81. The van der Waals surface area contributed by atoms with Crippen molar-refractivity contribution in [2.75, 3.05) is 30.4 Å². The fourth-order valence-electron chi connectivity index (χ4n) is 5.79. The molecule has 1 fully saturated rings. The zero-order valence-electron chi connectivity index (χ0n) is 31.6. The topological polar surface area (TPSA) is 223 Å². The molecule has 56 heavy (non-hydrogen) atoms. The fraction of sp³-hybridized carbons (Fsp3) is 0.432. The SMILES string of the molecule is CN(C)c1ncc(-c2ccc(C[C@H](N)C(=O)N(C(=O)C3CCC(CNC(=O)OC(C)(C)C)CC3)c3ccc(-c4nn[nH]n4)cc3)cc2)cn1.O=C(O)C(F)(F)F. The number of hydrogen-bond acceptors (Lipinski definition) is 12.